The Hall–Kier alpha value is -0.370. The van der Waals surface area contributed by atoms with Gasteiger partial charge in [-0.05, 0) is 31.9 Å². The molecule has 0 radical (unpaired) electrons. The zero-order valence-electron chi connectivity index (χ0n) is 11.7. The zero-order chi connectivity index (χ0) is 15.7. The molecule has 2 rings (SSSR count). The summed E-state index contributed by atoms with van der Waals surface area (Å²) in [7, 11) is -3.77. The molecule has 5 nitrogen and oxygen atoms in total. The van der Waals surface area contributed by atoms with Crippen LogP contribution in [0.1, 0.15) is 25.3 Å². The highest BCUT2D eigenvalue weighted by molar-refractivity contribution is 7.89. The van der Waals surface area contributed by atoms with Crippen molar-refractivity contribution in [1.82, 2.24) is 4.72 Å². The van der Waals surface area contributed by atoms with Crippen LogP contribution in [0, 0.1) is 0 Å². The molecule has 118 valence electrons. The Balaban J connectivity index is 2.36. The van der Waals surface area contributed by atoms with Crippen LogP contribution in [-0.2, 0) is 21.3 Å². The third-order valence-electron chi connectivity index (χ3n) is 3.46. The summed E-state index contributed by atoms with van der Waals surface area (Å²) in [6.07, 6.45) is 1.52. The number of rotatable bonds is 4. The van der Waals surface area contributed by atoms with E-state index in [2.05, 4.69) is 4.72 Å². The third kappa shape index (κ3) is 3.70. The van der Waals surface area contributed by atoms with Gasteiger partial charge >= 0.3 is 0 Å². The standard InChI is InChI=1S/C13H18Cl2N2O3S/c1-13(5-2-6-20-8-13)17-21(18,19)11-4-3-10(14)9(7-16)12(11)15/h3-4,17H,2,5-8,16H2,1H3. The van der Waals surface area contributed by atoms with Crippen LogP contribution in [0.3, 0.4) is 0 Å². The fourth-order valence-corrected chi connectivity index (χ4v) is 4.72. The second kappa shape index (κ2) is 6.40. The molecular formula is C13H18Cl2N2O3S. The number of ether oxygens (including phenoxy) is 1. The minimum absolute atomic E-state index is 0.0131. The second-order valence-corrected chi connectivity index (χ2v) is 7.80. The Morgan fingerprint density at radius 3 is 2.71 bits per heavy atom. The van der Waals surface area contributed by atoms with Crippen molar-refractivity contribution in [3.63, 3.8) is 0 Å². The molecule has 1 unspecified atom stereocenters. The van der Waals surface area contributed by atoms with Crippen molar-refractivity contribution in [3.05, 3.63) is 27.7 Å². The van der Waals surface area contributed by atoms with Crippen LogP contribution < -0.4 is 10.5 Å². The van der Waals surface area contributed by atoms with Gasteiger partial charge in [-0.3, -0.25) is 0 Å². The molecule has 1 fully saturated rings. The fraction of sp³-hybridized carbons (Fsp3) is 0.538. The first-order valence-corrected chi connectivity index (χ1v) is 8.82. The second-order valence-electron chi connectivity index (χ2n) is 5.36. The minimum atomic E-state index is -3.77. The fourth-order valence-electron chi connectivity index (χ4n) is 2.36. The van der Waals surface area contributed by atoms with E-state index in [0.717, 1.165) is 6.42 Å². The molecule has 1 aromatic rings. The molecule has 0 spiro atoms. The molecular weight excluding hydrogens is 335 g/mol. The van der Waals surface area contributed by atoms with Crippen molar-refractivity contribution in [1.29, 1.82) is 0 Å². The van der Waals surface area contributed by atoms with Gasteiger partial charge in [-0.15, -0.1) is 0 Å². The summed E-state index contributed by atoms with van der Waals surface area (Å²) in [4.78, 5) is -0.0131. The minimum Gasteiger partial charge on any atom is -0.380 e. The summed E-state index contributed by atoms with van der Waals surface area (Å²) in [6, 6.07) is 2.88. The maximum Gasteiger partial charge on any atom is 0.242 e. The first-order valence-electron chi connectivity index (χ1n) is 6.58. The van der Waals surface area contributed by atoms with Gasteiger partial charge in [0.05, 0.1) is 17.2 Å². The molecule has 1 aliphatic heterocycles. The summed E-state index contributed by atoms with van der Waals surface area (Å²) in [5, 5.41) is 0.423. The number of hydrogen-bond donors (Lipinski definition) is 2. The van der Waals surface area contributed by atoms with Gasteiger partial charge < -0.3 is 10.5 Å². The van der Waals surface area contributed by atoms with E-state index in [1.165, 1.54) is 12.1 Å². The highest BCUT2D eigenvalue weighted by atomic mass is 35.5. The molecule has 0 saturated carbocycles. The molecule has 0 aliphatic carbocycles. The third-order valence-corrected chi connectivity index (χ3v) is 6.04. The number of benzene rings is 1. The van der Waals surface area contributed by atoms with Gasteiger partial charge in [0.25, 0.3) is 0 Å². The van der Waals surface area contributed by atoms with Gasteiger partial charge in [0.1, 0.15) is 4.90 Å². The molecule has 0 bridgehead atoms. The van der Waals surface area contributed by atoms with Crippen LogP contribution in [0.4, 0.5) is 0 Å². The van der Waals surface area contributed by atoms with Crippen molar-refractivity contribution in [2.45, 2.75) is 36.7 Å². The first-order chi connectivity index (χ1) is 9.79. The highest BCUT2D eigenvalue weighted by Crippen LogP contribution is 2.32. The number of nitrogens with one attached hydrogen (secondary N) is 1. The smallest absolute Gasteiger partial charge is 0.242 e. The van der Waals surface area contributed by atoms with Crippen LogP contribution in [0.15, 0.2) is 17.0 Å². The van der Waals surface area contributed by atoms with E-state index in [1.54, 1.807) is 0 Å². The SMILES string of the molecule is CC1(NS(=O)(=O)c2ccc(Cl)c(CN)c2Cl)CCCOC1. The Morgan fingerprint density at radius 1 is 1.43 bits per heavy atom. The van der Waals surface area contributed by atoms with Gasteiger partial charge in [-0.25, -0.2) is 13.1 Å². The van der Waals surface area contributed by atoms with Crippen LogP contribution >= 0.6 is 23.2 Å². The molecule has 0 aromatic heterocycles. The van der Waals surface area contributed by atoms with Crippen LogP contribution in [0.5, 0.6) is 0 Å². The first kappa shape index (κ1) is 17.0. The Bertz CT molecular complexity index is 629. The average Bonchev–Trinajstić information content (AvgIpc) is 2.38. The normalized spacial score (nSPS) is 23.2. The molecule has 1 saturated heterocycles. The summed E-state index contributed by atoms with van der Waals surface area (Å²) in [6.45, 7) is 2.87. The molecule has 21 heavy (non-hydrogen) atoms. The Kier molecular flexibility index (Phi) is 5.18. The lowest BCUT2D eigenvalue weighted by atomic mass is 9.97. The van der Waals surface area contributed by atoms with Gasteiger partial charge in [0.2, 0.25) is 10.0 Å². The molecule has 1 aliphatic rings. The molecule has 1 atom stereocenters. The van der Waals surface area contributed by atoms with E-state index in [4.69, 9.17) is 33.7 Å². The summed E-state index contributed by atoms with van der Waals surface area (Å²) >= 11 is 12.1. The number of hydrogen-bond acceptors (Lipinski definition) is 4. The van der Waals surface area contributed by atoms with Gasteiger partial charge in [0.15, 0.2) is 0 Å². The van der Waals surface area contributed by atoms with Crippen LogP contribution in [-0.4, -0.2) is 27.2 Å². The molecule has 8 heteroatoms. The largest absolute Gasteiger partial charge is 0.380 e. The number of sulfonamides is 1. The van der Waals surface area contributed by atoms with Crippen molar-refractivity contribution < 1.29 is 13.2 Å². The van der Waals surface area contributed by atoms with Crippen molar-refractivity contribution >= 4 is 33.2 Å². The number of nitrogens with two attached hydrogens (primary N) is 1. The quantitative estimate of drug-likeness (QED) is 0.870. The summed E-state index contributed by atoms with van der Waals surface area (Å²) in [5.74, 6) is 0. The lowest BCUT2D eigenvalue weighted by Crippen LogP contribution is -2.51. The predicted molar refractivity (Wildman–Crippen MR) is 83.1 cm³/mol. The molecule has 3 N–H and O–H groups in total. The van der Waals surface area contributed by atoms with E-state index < -0.39 is 15.6 Å². The van der Waals surface area contributed by atoms with E-state index in [0.29, 0.717) is 30.2 Å². The van der Waals surface area contributed by atoms with E-state index >= 15 is 0 Å². The Labute approximate surface area is 134 Å². The van der Waals surface area contributed by atoms with Crippen LogP contribution in [0.25, 0.3) is 0 Å². The zero-order valence-corrected chi connectivity index (χ0v) is 14.0. The van der Waals surface area contributed by atoms with Crippen molar-refractivity contribution in [2.75, 3.05) is 13.2 Å². The average molecular weight is 353 g/mol. The van der Waals surface area contributed by atoms with Crippen LogP contribution in [0.2, 0.25) is 10.0 Å². The molecule has 1 heterocycles. The van der Waals surface area contributed by atoms with Crippen molar-refractivity contribution in [2.24, 2.45) is 5.73 Å². The lowest BCUT2D eigenvalue weighted by Gasteiger charge is -2.34. The number of halogens is 2. The summed E-state index contributed by atoms with van der Waals surface area (Å²) in [5.41, 5.74) is 5.36. The van der Waals surface area contributed by atoms with Gasteiger partial charge in [-0.1, -0.05) is 23.2 Å². The molecule has 1 aromatic carbocycles. The van der Waals surface area contributed by atoms with Crippen molar-refractivity contribution in [3.8, 4) is 0 Å². The lowest BCUT2D eigenvalue weighted by molar-refractivity contribution is 0.0386. The predicted octanol–water partition coefficient (Wildman–Crippen LogP) is 2.30. The highest BCUT2D eigenvalue weighted by Gasteiger charge is 2.34. The van der Waals surface area contributed by atoms with E-state index in [-0.39, 0.29) is 16.5 Å². The van der Waals surface area contributed by atoms with Gasteiger partial charge in [-0.2, -0.15) is 0 Å². The monoisotopic (exact) mass is 352 g/mol. The van der Waals surface area contributed by atoms with E-state index in [1.807, 2.05) is 6.92 Å². The summed E-state index contributed by atoms with van der Waals surface area (Å²) < 4.78 is 33.2. The van der Waals surface area contributed by atoms with E-state index in [9.17, 15) is 8.42 Å². The Morgan fingerprint density at radius 2 is 2.14 bits per heavy atom. The maximum atomic E-state index is 12.6. The topological polar surface area (TPSA) is 81.4 Å². The van der Waals surface area contributed by atoms with Gasteiger partial charge in [0, 0.05) is 23.7 Å². The molecule has 0 amide bonds. The maximum absolute atomic E-state index is 12.6.